The van der Waals surface area contributed by atoms with Crippen molar-refractivity contribution in [2.75, 3.05) is 0 Å². The SMILES string of the molecule is O=CC1CCCCc2noc(=O)n21. The molecule has 70 valence electrons. The predicted octanol–water partition coefficient (Wildman–Crippen LogP) is 0.303. The summed E-state index contributed by atoms with van der Waals surface area (Å²) in [5.74, 6) is 0.0774. The van der Waals surface area contributed by atoms with Crippen LogP contribution in [0.3, 0.4) is 0 Å². The van der Waals surface area contributed by atoms with Crippen molar-refractivity contribution in [1.82, 2.24) is 9.72 Å². The Morgan fingerprint density at radius 2 is 2.38 bits per heavy atom. The molecule has 1 aliphatic heterocycles. The Balaban J connectivity index is 2.50. The van der Waals surface area contributed by atoms with E-state index in [0.29, 0.717) is 12.2 Å². The van der Waals surface area contributed by atoms with Gasteiger partial charge in [-0.2, -0.15) is 0 Å². The quantitative estimate of drug-likeness (QED) is 0.586. The van der Waals surface area contributed by atoms with Crippen molar-refractivity contribution in [1.29, 1.82) is 0 Å². The first kappa shape index (κ1) is 8.22. The zero-order valence-corrected chi connectivity index (χ0v) is 7.10. The summed E-state index contributed by atoms with van der Waals surface area (Å²) >= 11 is 0. The number of hydrogen-bond acceptors (Lipinski definition) is 4. The molecule has 0 N–H and O–H groups in total. The number of nitrogens with zero attached hydrogens (tertiary/aromatic N) is 2. The molecule has 2 rings (SSSR count). The van der Waals surface area contributed by atoms with Crippen molar-refractivity contribution >= 4 is 6.29 Å². The summed E-state index contributed by atoms with van der Waals surface area (Å²) in [6.45, 7) is 0. The normalized spacial score (nSPS) is 22.0. The molecule has 1 aromatic rings. The first-order chi connectivity index (χ1) is 6.33. The standard InChI is InChI=1S/C8H10N2O3/c11-5-6-3-1-2-4-7-9-13-8(12)10(6)7/h5-6H,1-4H2. The fourth-order valence-corrected chi connectivity index (χ4v) is 1.67. The Labute approximate surface area is 74.3 Å². The molecule has 13 heavy (non-hydrogen) atoms. The van der Waals surface area contributed by atoms with Gasteiger partial charge in [-0.1, -0.05) is 11.6 Å². The number of carbonyl (C=O) groups is 1. The fourth-order valence-electron chi connectivity index (χ4n) is 1.67. The summed E-state index contributed by atoms with van der Waals surface area (Å²) in [5, 5.41) is 3.63. The maximum atomic E-state index is 11.2. The number of aldehydes is 1. The molecule has 0 aromatic carbocycles. The lowest BCUT2D eigenvalue weighted by atomic mass is 10.1. The van der Waals surface area contributed by atoms with Gasteiger partial charge in [0.25, 0.3) is 0 Å². The van der Waals surface area contributed by atoms with Gasteiger partial charge < -0.3 is 4.79 Å². The Kier molecular flexibility index (Phi) is 2.00. The zero-order chi connectivity index (χ0) is 9.26. The first-order valence-electron chi connectivity index (χ1n) is 4.35. The molecule has 0 amide bonds. The molecule has 0 spiro atoms. The van der Waals surface area contributed by atoms with Gasteiger partial charge in [0.15, 0.2) is 5.82 Å². The number of carbonyl (C=O) groups excluding carboxylic acids is 1. The van der Waals surface area contributed by atoms with Gasteiger partial charge in [-0.15, -0.1) is 0 Å². The van der Waals surface area contributed by atoms with E-state index in [-0.39, 0.29) is 6.04 Å². The molecular weight excluding hydrogens is 172 g/mol. The van der Waals surface area contributed by atoms with Crippen LogP contribution in [0.2, 0.25) is 0 Å². The van der Waals surface area contributed by atoms with Crippen molar-refractivity contribution in [3.05, 3.63) is 16.4 Å². The molecule has 0 saturated heterocycles. The van der Waals surface area contributed by atoms with Gasteiger partial charge in [-0.3, -0.25) is 9.09 Å². The van der Waals surface area contributed by atoms with Crippen LogP contribution in [-0.4, -0.2) is 16.0 Å². The van der Waals surface area contributed by atoms with Crippen molar-refractivity contribution in [3.8, 4) is 0 Å². The summed E-state index contributed by atoms with van der Waals surface area (Å²) in [7, 11) is 0. The minimum Gasteiger partial charge on any atom is -0.301 e. The molecule has 0 bridgehead atoms. The maximum absolute atomic E-state index is 11.2. The third-order valence-electron chi connectivity index (χ3n) is 2.34. The summed E-state index contributed by atoms with van der Waals surface area (Å²) in [6, 6.07) is -0.378. The van der Waals surface area contributed by atoms with E-state index in [1.165, 1.54) is 4.57 Å². The van der Waals surface area contributed by atoms with Crippen LogP contribution in [0.5, 0.6) is 0 Å². The summed E-state index contributed by atoms with van der Waals surface area (Å²) in [5.41, 5.74) is 0. The molecule has 0 fully saturated rings. The first-order valence-corrected chi connectivity index (χ1v) is 4.35. The van der Waals surface area contributed by atoms with E-state index in [1.54, 1.807) is 0 Å². The van der Waals surface area contributed by atoms with Gasteiger partial charge in [0.2, 0.25) is 0 Å². The molecule has 5 nitrogen and oxygen atoms in total. The molecule has 0 radical (unpaired) electrons. The van der Waals surface area contributed by atoms with E-state index in [9.17, 15) is 9.59 Å². The van der Waals surface area contributed by atoms with Gasteiger partial charge in [-0.25, -0.2) is 4.79 Å². The molecule has 1 atom stereocenters. The molecule has 0 saturated carbocycles. The number of hydrogen-bond donors (Lipinski definition) is 0. The zero-order valence-electron chi connectivity index (χ0n) is 7.10. The van der Waals surface area contributed by atoms with Crippen LogP contribution in [0.15, 0.2) is 9.32 Å². The molecule has 1 aliphatic rings. The number of aromatic nitrogens is 2. The highest BCUT2D eigenvalue weighted by atomic mass is 16.5. The fraction of sp³-hybridized carbons (Fsp3) is 0.625. The van der Waals surface area contributed by atoms with Gasteiger partial charge in [0, 0.05) is 6.42 Å². The Morgan fingerprint density at radius 1 is 1.54 bits per heavy atom. The van der Waals surface area contributed by atoms with Crippen LogP contribution in [0.25, 0.3) is 0 Å². The molecule has 1 unspecified atom stereocenters. The summed E-state index contributed by atoms with van der Waals surface area (Å²) in [4.78, 5) is 21.9. The average molecular weight is 182 g/mol. The van der Waals surface area contributed by atoms with Crippen LogP contribution in [0.1, 0.15) is 31.1 Å². The average Bonchev–Trinajstić information content (AvgIpc) is 2.39. The summed E-state index contributed by atoms with van der Waals surface area (Å²) < 4.78 is 5.86. The molecule has 5 heteroatoms. The lowest BCUT2D eigenvalue weighted by Crippen LogP contribution is -2.22. The monoisotopic (exact) mass is 182 g/mol. The molecule has 0 aliphatic carbocycles. The third-order valence-corrected chi connectivity index (χ3v) is 2.34. The van der Waals surface area contributed by atoms with Crippen molar-refractivity contribution in [2.45, 2.75) is 31.7 Å². The highest BCUT2D eigenvalue weighted by Crippen LogP contribution is 2.18. The maximum Gasteiger partial charge on any atom is 0.442 e. The Hall–Kier alpha value is -1.39. The largest absolute Gasteiger partial charge is 0.442 e. The number of fused-ring (bicyclic) bond motifs is 1. The number of rotatable bonds is 1. The van der Waals surface area contributed by atoms with E-state index in [1.807, 2.05) is 0 Å². The second-order valence-electron chi connectivity index (χ2n) is 3.18. The van der Waals surface area contributed by atoms with Crippen LogP contribution in [-0.2, 0) is 11.2 Å². The van der Waals surface area contributed by atoms with E-state index in [2.05, 4.69) is 9.68 Å². The highest BCUT2D eigenvalue weighted by Gasteiger charge is 2.21. The van der Waals surface area contributed by atoms with Gasteiger partial charge in [0.1, 0.15) is 6.29 Å². The highest BCUT2D eigenvalue weighted by molar-refractivity contribution is 5.55. The molecule has 2 heterocycles. The van der Waals surface area contributed by atoms with Crippen LogP contribution >= 0.6 is 0 Å². The predicted molar refractivity (Wildman–Crippen MR) is 43.4 cm³/mol. The van der Waals surface area contributed by atoms with Crippen LogP contribution in [0, 0.1) is 0 Å². The second-order valence-corrected chi connectivity index (χ2v) is 3.18. The smallest absolute Gasteiger partial charge is 0.301 e. The van der Waals surface area contributed by atoms with Crippen LogP contribution in [0.4, 0.5) is 0 Å². The van der Waals surface area contributed by atoms with E-state index in [4.69, 9.17) is 0 Å². The molecular formula is C8H10N2O3. The number of aryl methyl sites for hydroxylation is 1. The minimum absolute atomic E-state index is 0.378. The lowest BCUT2D eigenvalue weighted by molar-refractivity contribution is -0.110. The van der Waals surface area contributed by atoms with E-state index >= 15 is 0 Å². The van der Waals surface area contributed by atoms with Crippen LogP contribution < -0.4 is 5.76 Å². The van der Waals surface area contributed by atoms with Crippen molar-refractivity contribution in [3.63, 3.8) is 0 Å². The molecule has 1 aromatic heterocycles. The third kappa shape index (κ3) is 1.30. The van der Waals surface area contributed by atoms with Gasteiger partial charge in [0.05, 0.1) is 6.04 Å². The topological polar surface area (TPSA) is 65.1 Å². The van der Waals surface area contributed by atoms with Crippen molar-refractivity contribution in [2.24, 2.45) is 0 Å². The minimum atomic E-state index is -0.519. The Bertz CT molecular complexity index is 366. The van der Waals surface area contributed by atoms with Crippen molar-refractivity contribution < 1.29 is 9.32 Å². The second kappa shape index (κ2) is 3.16. The van der Waals surface area contributed by atoms with E-state index in [0.717, 1.165) is 25.5 Å². The Morgan fingerprint density at radius 3 is 3.15 bits per heavy atom. The summed E-state index contributed by atoms with van der Waals surface area (Å²) in [6.07, 6.45) is 4.11. The van der Waals surface area contributed by atoms with E-state index < -0.39 is 5.76 Å². The van der Waals surface area contributed by atoms with Gasteiger partial charge >= 0.3 is 5.76 Å². The van der Waals surface area contributed by atoms with Gasteiger partial charge in [-0.05, 0) is 12.8 Å². The lowest BCUT2D eigenvalue weighted by Gasteiger charge is -2.06.